The maximum atomic E-state index is 4.40. The highest BCUT2D eigenvalue weighted by Crippen LogP contribution is 2.66. The zero-order valence-corrected chi connectivity index (χ0v) is 18.7. The summed E-state index contributed by atoms with van der Waals surface area (Å²) in [5, 5.41) is 0. The van der Waals surface area contributed by atoms with E-state index in [1.165, 1.54) is 50.5 Å². The van der Waals surface area contributed by atoms with E-state index < -0.39 is 0 Å². The molecule has 0 bridgehead atoms. The molecule has 0 amide bonds. The summed E-state index contributed by atoms with van der Waals surface area (Å²) in [6, 6.07) is 4.36. The summed E-state index contributed by atoms with van der Waals surface area (Å²) >= 11 is 0. The molecule has 4 aliphatic carbocycles. The van der Waals surface area contributed by atoms with Crippen molar-refractivity contribution in [1.82, 2.24) is 4.98 Å². The van der Waals surface area contributed by atoms with Gasteiger partial charge in [0.25, 0.3) is 0 Å². The Morgan fingerprint density at radius 3 is 2.50 bits per heavy atom. The molecule has 3 unspecified atom stereocenters. The highest BCUT2D eigenvalue weighted by atomic mass is 14.6. The monoisotopic (exact) mass is 377 g/mol. The van der Waals surface area contributed by atoms with Gasteiger partial charge in [-0.1, -0.05) is 58.4 Å². The molecule has 2 saturated carbocycles. The lowest BCUT2D eigenvalue weighted by Gasteiger charge is -2.58. The molecule has 28 heavy (non-hydrogen) atoms. The molecule has 4 aliphatic rings. The van der Waals surface area contributed by atoms with Crippen LogP contribution in [0.25, 0.3) is 5.57 Å². The molecule has 0 aliphatic heterocycles. The maximum absolute atomic E-state index is 4.40. The standard InChI is InChI=1S/C25H33N.C2H6/c1-17-10-12-24(2)19(15-17)6-7-20-22-9-8-21(18-5-4-14-26-16-18)25(22,3)13-11-23(20)24;1-2/h4-6,8,14,16-17,20,22-23H,7,9-13,15H2,1-3H3;1-2H3/t17-,20?,22?,23?,24-,25+;/m0./s1. The Balaban J connectivity index is 0.000000932. The van der Waals surface area contributed by atoms with Gasteiger partial charge >= 0.3 is 0 Å². The van der Waals surface area contributed by atoms with Crippen molar-refractivity contribution < 1.29 is 0 Å². The molecule has 152 valence electrons. The van der Waals surface area contributed by atoms with E-state index in [2.05, 4.69) is 56.2 Å². The van der Waals surface area contributed by atoms with E-state index in [1.54, 1.807) is 5.57 Å². The summed E-state index contributed by atoms with van der Waals surface area (Å²) in [5.41, 5.74) is 5.62. The molecule has 1 heterocycles. The van der Waals surface area contributed by atoms with Crippen molar-refractivity contribution in [3.05, 3.63) is 47.8 Å². The van der Waals surface area contributed by atoms with E-state index in [0.29, 0.717) is 10.8 Å². The van der Waals surface area contributed by atoms with Crippen LogP contribution in [0.3, 0.4) is 0 Å². The van der Waals surface area contributed by atoms with Gasteiger partial charge in [-0.25, -0.2) is 0 Å². The molecule has 1 aromatic rings. The van der Waals surface area contributed by atoms with Gasteiger partial charge in [0.05, 0.1) is 0 Å². The fourth-order valence-corrected chi connectivity index (χ4v) is 7.38. The fourth-order valence-electron chi connectivity index (χ4n) is 7.38. The molecule has 0 radical (unpaired) electrons. The molecular formula is C27H39N. The Morgan fingerprint density at radius 1 is 0.964 bits per heavy atom. The van der Waals surface area contributed by atoms with Crippen LogP contribution in [-0.2, 0) is 0 Å². The second-order valence-corrected chi connectivity index (χ2v) is 10.2. The van der Waals surface area contributed by atoms with Crippen LogP contribution in [0.2, 0.25) is 0 Å². The minimum Gasteiger partial charge on any atom is -0.264 e. The summed E-state index contributed by atoms with van der Waals surface area (Å²) in [4.78, 5) is 4.40. The lowest BCUT2D eigenvalue weighted by Crippen LogP contribution is -2.49. The Labute approximate surface area is 172 Å². The van der Waals surface area contributed by atoms with Crippen molar-refractivity contribution in [3.63, 3.8) is 0 Å². The number of fused-ring (bicyclic) bond motifs is 5. The first kappa shape index (κ1) is 19.9. The van der Waals surface area contributed by atoms with Crippen LogP contribution < -0.4 is 0 Å². The second kappa shape index (κ2) is 7.47. The van der Waals surface area contributed by atoms with Crippen molar-refractivity contribution in [2.75, 3.05) is 0 Å². The molecule has 5 rings (SSSR count). The van der Waals surface area contributed by atoms with Crippen LogP contribution in [0.15, 0.2) is 42.3 Å². The number of hydrogen-bond donors (Lipinski definition) is 0. The highest BCUT2D eigenvalue weighted by Gasteiger charge is 2.56. The van der Waals surface area contributed by atoms with Gasteiger partial charge in [0, 0.05) is 12.4 Å². The van der Waals surface area contributed by atoms with E-state index in [-0.39, 0.29) is 0 Å². The summed E-state index contributed by atoms with van der Waals surface area (Å²) in [6.45, 7) is 11.6. The van der Waals surface area contributed by atoms with Crippen LogP contribution in [0.1, 0.15) is 85.1 Å². The topological polar surface area (TPSA) is 12.9 Å². The Morgan fingerprint density at radius 2 is 1.75 bits per heavy atom. The molecule has 1 nitrogen and oxygen atoms in total. The third kappa shape index (κ3) is 2.92. The van der Waals surface area contributed by atoms with Crippen LogP contribution >= 0.6 is 0 Å². The van der Waals surface area contributed by atoms with Gasteiger partial charge in [-0.2, -0.15) is 0 Å². The fraction of sp³-hybridized carbons (Fsp3) is 0.667. The summed E-state index contributed by atoms with van der Waals surface area (Å²) in [7, 11) is 0. The Bertz CT molecular complexity index is 760. The molecule has 6 atom stereocenters. The molecule has 0 N–H and O–H groups in total. The maximum Gasteiger partial charge on any atom is 0.0343 e. The first-order chi connectivity index (χ1) is 13.5. The number of pyridine rings is 1. The predicted octanol–water partition coefficient (Wildman–Crippen LogP) is 7.70. The largest absolute Gasteiger partial charge is 0.264 e. The van der Waals surface area contributed by atoms with Gasteiger partial charge in [0.15, 0.2) is 0 Å². The summed E-state index contributed by atoms with van der Waals surface area (Å²) < 4.78 is 0. The average molecular weight is 378 g/mol. The normalized spacial score (nSPS) is 41.5. The zero-order valence-electron chi connectivity index (χ0n) is 18.7. The molecule has 1 aromatic heterocycles. The van der Waals surface area contributed by atoms with Crippen molar-refractivity contribution in [3.8, 4) is 0 Å². The van der Waals surface area contributed by atoms with Gasteiger partial charge in [-0.05, 0) is 96.7 Å². The van der Waals surface area contributed by atoms with Gasteiger partial charge in [-0.3, -0.25) is 4.98 Å². The first-order valence-corrected chi connectivity index (χ1v) is 11.8. The average Bonchev–Trinajstić information content (AvgIpc) is 3.08. The van der Waals surface area contributed by atoms with Gasteiger partial charge in [-0.15, -0.1) is 0 Å². The van der Waals surface area contributed by atoms with Gasteiger partial charge < -0.3 is 0 Å². The predicted molar refractivity (Wildman–Crippen MR) is 120 cm³/mol. The molecule has 0 spiro atoms. The summed E-state index contributed by atoms with van der Waals surface area (Å²) in [5.74, 6) is 3.51. The SMILES string of the molecule is CC.C[C@H]1CC[C@@]2(C)C(=CCC3C2CC[C@]2(C)C(c4cccnc4)=CCC32)C1. The molecule has 1 heteroatoms. The molecule has 0 aromatic carbocycles. The third-order valence-electron chi connectivity index (χ3n) is 8.90. The lowest BCUT2D eigenvalue weighted by molar-refractivity contribution is -0.0137. The van der Waals surface area contributed by atoms with Crippen LogP contribution in [0.4, 0.5) is 0 Å². The van der Waals surface area contributed by atoms with Gasteiger partial charge in [0.2, 0.25) is 0 Å². The van der Waals surface area contributed by atoms with Crippen molar-refractivity contribution in [1.29, 1.82) is 0 Å². The number of aromatic nitrogens is 1. The Kier molecular flexibility index (Phi) is 5.31. The number of nitrogens with zero attached hydrogens (tertiary/aromatic N) is 1. The van der Waals surface area contributed by atoms with E-state index in [1.807, 2.05) is 25.6 Å². The molecule has 0 saturated heterocycles. The summed E-state index contributed by atoms with van der Waals surface area (Å²) in [6.07, 6.45) is 18.8. The highest BCUT2D eigenvalue weighted by molar-refractivity contribution is 5.72. The van der Waals surface area contributed by atoms with Crippen molar-refractivity contribution in [2.45, 2.75) is 79.6 Å². The van der Waals surface area contributed by atoms with E-state index >= 15 is 0 Å². The van der Waals surface area contributed by atoms with Crippen molar-refractivity contribution >= 4 is 5.57 Å². The molecular weight excluding hydrogens is 338 g/mol. The second-order valence-electron chi connectivity index (χ2n) is 10.2. The number of hydrogen-bond acceptors (Lipinski definition) is 1. The Hall–Kier alpha value is -1.37. The third-order valence-corrected chi connectivity index (χ3v) is 8.90. The quantitative estimate of drug-likeness (QED) is 0.457. The van der Waals surface area contributed by atoms with Gasteiger partial charge in [0.1, 0.15) is 0 Å². The van der Waals surface area contributed by atoms with Crippen LogP contribution in [0, 0.1) is 34.5 Å². The number of allylic oxidation sites excluding steroid dienone is 4. The minimum absolute atomic E-state index is 0.355. The number of rotatable bonds is 1. The van der Waals surface area contributed by atoms with Crippen molar-refractivity contribution in [2.24, 2.45) is 34.5 Å². The van der Waals surface area contributed by atoms with Crippen LogP contribution in [0.5, 0.6) is 0 Å². The van der Waals surface area contributed by atoms with E-state index in [4.69, 9.17) is 0 Å². The zero-order chi connectivity index (χ0) is 19.9. The van der Waals surface area contributed by atoms with E-state index in [9.17, 15) is 0 Å². The van der Waals surface area contributed by atoms with E-state index in [0.717, 1.165) is 23.7 Å². The smallest absolute Gasteiger partial charge is 0.0343 e. The molecule has 2 fully saturated rings. The first-order valence-electron chi connectivity index (χ1n) is 11.8. The minimum atomic E-state index is 0.355. The van der Waals surface area contributed by atoms with Crippen LogP contribution in [-0.4, -0.2) is 4.98 Å². The lowest BCUT2D eigenvalue weighted by atomic mass is 9.47.